The summed E-state index contributed by atoms with van der Waals surface area (Å²) < 4.78 is 5.84. The van der Waals surface area contributed by atoms with Gasteiger partial charge in [-0.15, -0.1) is 23.2 Å². The molecule has 11 heteroatoms. The second-order valence-electron chi connectivity index (χ2n) is 10.4. The summed E-state index contributed by atoms with van der Waals surface area (Å²) in [7, 11) is 1.32. The fourth-order valence-electron chi connectivity index (χ4n) is 6.67. The number of alkyl halides is 2. The van der Waals surface area contributed by atoms with Crippen molar-refractivity contribution in [2.45, 2.75) is 42.0 Å². The quantitative estimate of drug-likeness (QED) is 0.337. The van der Waals surface area contributed by atoms with Gasteiger partial charge in [0.25, 0.3) is 11.8 Å². The zero-order chi connectivity index (χ0) is 27.3. The van der Waals surface area contributed by atoms with E-state index in [1.807, 2.05) is 13.0 Å². The maximum atomic E-state index is 13.9. The largest absolute Gasteiger partial charge is 0.463 e. The second kappa shape index (κ2) is 8.42. The maximum Gasteiger partial charge on any atom is 0.253 e. The zero-order valence-corrected chi connectivity index (χ0v) is 22.7. The number of rotatable bonds is 3. The lowest BCUT2D eigenvalue weighted by atomic mass is 9.57. The molecule has 1 N–H and O–H groups in total. The Morgan fingerprint density at radius 3 is 2.45 bits per heavy atom. The van der Waals surface area contributed by atoms with Crippen LogP contribution in [-0.2, 0) is 25.8 Å². The Hall–Kier alpha value is -2.65. The Bertz CT molecular complexity index is 1470. The highest BCUT2D eigenvalue weighted by molar-refractivity contribution is 6.53. The number of nitrogens with zero attached hydrogens (tertiary/aromatic N) is 2. The lowest BCUT2D eigenvalue weighted by Crippen LogP contribution is -2.60. The van der Waals surface area contributed by atoms with Gasteiger partial charge in [-0.2, -0.15) is 0 Å². The lowest BCUT2D eigenvalue weighted by molar-refractivity contribution is -0.138. The fourth-order valence-corrected chi connectivity index (χ4v) is 7.84. The molecule has 6 atom stereocenters. The van der Waals surface area contributed by atoms with Gasteiger partial charge in [0.05, 0.1) is 23.4 Å². The number of fused-ring (bicyclic) bond motifs is 4. The number of furan rings is 1. The van der Waals surface area contributed by atoms with E-state index in [9.17, 15) is 24.3 Å². The molecule has 0 bridgehead atoms. The van der Waals surface area contributed by atoms with Crippen LogP contribution in [0.25, 0.3) is 0 Å². The van der Waals surface area contributed by atoms with Gasteiger partial charge < -0.3 is 9.52 Å². The van der Waals surface area contributed by atoms with E-state index in [0.717, 1.165) is 15.4 Å². The molecule has 1 aromatic carbocycles. The standard InChI is InChI=1S/C27H23Cl3N2O6/c1-12-3-4-13(9-18(12)28)32-22(34)16-7-6-15-17(20(16)23(32)35)10-26(29)24(36)31(2)25(37)27(26,30)21(15)19-8-5-14(11-33)38-19/h3-6,8-9,16-17,20-21,33H,7,10-11H2,1-2H3/t16-,17+,20-,21+,26+,27-/m0/s1. The van der Waals surface area contributed by atoms with Crippen LogP contribution in [0.1, 0.15) is 35.8 Å². The summed E-state index contributed by atoms with van der Waals surface area (Å²) in [6, 6.07) is 8.14. The highest BCUT2D eigenvalue weighted by Gasteiger charge is 2.76. The van der Waals surface area contributed by atoms with Crippen molar-refractivity contribution in [1.29, 1.82) is 0 Å². The summed E-state index contributed by atoms with van der Waals surface area (Å²) in [6.07, 6.45) is 1.96. The van der Waals surface area contributed by atoms with E-state index < -0.39 is 51.1 Å². The molecule has 0 unspecified atom stereocenters. The van der Waals surface area contributed by atoms with Gasteiger partial charge in [-0.05, 0) is 55.5 Å². The van der Waals surface area contributed by atoms with Crippen molar-refractivity contribution in [2.24, 2.45) is 17.8 Å². The van der Waals surface area contributed by atoms with E-state index in [4.69, 9.17) is 39.2 Å². The third-order valence-corrected chi connectivity index (χ3v) is 10.4. The summed E-state index contributed by atoms with van der Waals surface area (Å²) in [5.74, 6) is -4.75. The highest BCUT2D eigenvalue weighted by Crippen LogP contribution is 2.65. The average Bonchev–Trinajstić information content (AvgIpc) is 3.50. The third kappa shape index (κ3) is 3.09. The number of aliphatic hydroxyl groups excluding tert-OH is 1. The minimum absolute atomic E-state index is 0.106. The fraction of sp³-hybridized carbons (Fsp3) is 0.407. The first-order valence-electron chi connectivity index (χ1n) is 12.2. The number of allylic oxidation sites excluding steroid dienone is 2. The number of carbonyl (C=O) groups excluding carboxylic acids is 4. The lowest BCUT2D eigenvalue weighted by Gasteiger charge is -2.49. The Balaban J connectivity index is 1.49. The number of anilines is 1. The molecule has 4 aliphatic rings. The summed E-state index contributed by atoms with van der Waals surface area (Å²) in [6.45, 7) is 1.44. The predicted molar refractivity (Wildman–Crippen MR) is 139 cm³/mol. The van der Waals surface area contributed by atoms with Gasteiger partial charge in [0.2, 0.25) is 11.8 Å². The Kier molecular flexibility index (Phi) is 5.68. The number of aryl methyl sites for hydroxylation is 1. The van der Waals surface area contributed by atoms with Gasteiger partial charge in [-0.3, -0.25) is 24.1 Å². The van der Waals surface area contributed by atoms with E-state index in [1.165, 1.54) is 7.05 Å². The van der Waals surface area contributed by atoms with Crippen molar-refractivity contribution in [3.05, 3.63) is 64.1 Å². The molecular formula is C27H23Cl3N2O6. The number of carbonyl (C=O) groups is 4. The van der Waals surface area contributed by atoms with Gasteiger partial charge in [-0.25, -0.2) is 4.90 Å². The van der Waals surface area contributed by atoms with Crippen LogP contribution >= 0.6 is 34.8 Å². The van der Waals surface area contributed by atoms with Gasteiger partial charge in [-0.1, -0.05) is 29.3 Å². The molecular weight excluding hydrogens is 555 g/mol. The summed E-state index contributed by atoms with van der Waals surface area (Å²) in [5, 5.41) is 10.0. The molecule has 4 amide bonds. The number of imide groups is 2. The van der Waals surface area contributed by atoms with Crippen molar-refractivity contribution < 1.29 is 28.7 Å². The Labute approximate surface area is 233 Å². The van der Waals surface area contributed by atoms with Gasteiger partial charge in [0, 0.05) is 12.1 Å². The van der Waals surface area contributed by atoms with Gasteiger partial charge in [0.1, 0.15) is 18.1 Å². The number of likely N-dealkylation sites (tertiary alicyclic amines) is 1. The number of hydrogen-bond acceptors (Lipinski definition) is 6. The van der Waals surface area contributed by atoms with E-state index in [1.54, 1.807) is 30.3 Å². The van der Waals surface area contributed by atoms with Crippen LogP contribution in [-0.4, -0.2) is 50.4 Å². The van der Waals surface area contributed by atoms with Crippen molar-refractivity contribution in [1.82, 2.24) is 4.90 Å². The average molecular weight is 578 g/mol. The molecule has 2 aromatic rings. The molecule has 8 nitrogen and oxygen atoms in total. The predicted octanol–water partition coefficient (Wildman–Crippen LogP) is 3.93. The van der Waals surface area contributed by atoms with Crippen molar-refractivity contribution in [3.8, 4) is 0 Å². The van der Waals surface area contributed by atoms with Crippen LogP contribution in [0.15, 0.2) is 46.4 Å². The van der Waals surface area contributed by atoms with E-state index in [2.05, 4.69) is 0 Å². The van der Waals surface area contributed by atoms with Crippen LogP contribution in [0.5, 0.6) is 0 Å². The molecule has 3 heterocycles. The molecule has 0 radical (unpaired) electrons. The summed E-state index contributed by atoms with van der Waals surface area (Å²) in [5.41, 5.74) is 1.80. The van der Waals surface area contributed by atoms with Gasteiger partial charge >= 0.3 is 0 Å². The van der Waals surface area contributed by atoms with Gasteiger partial charge in [0.15, 0.2) is 9.75 Å². The first-order valence-corrected chi connectivity index (χ1v) is 13.3. The molecule has 198 valence electrons. The molecule has 2 aliphatic heterocycles. The second-order valence-corrected chi connectivity index (χ2v) is 12.1. The van der Waals surface area contributed by atoms with Crippen molar-refractivity contribution in [3.63, 3.8) is 0 Å². The number of aliphatic hydroxyl groups is 1. The van der Waals surface area contributed by atoms with Crippen LogP contribution < -0.4 is 4.90 Å². The smallest absolute Gasteiger partial charge is 0.253 e. The van der Waals surface area contributed by atoms with Crippen LogP contribution in [0.3, 0.4) is 0 Å². The molecule has 38 heavy (non-hydrogen) atoms. The number of halogens is 3. The molecule has 2 aliphatic carbocycles. The molecule has 0 spiro atoms. The zero-order valence-electron chi connectivity index (χ0n) is 20.4. The Morgan fingerprint density at radius 1 is 1.05 bits per heavy atom. The molecule has 6 rings (SSSR count). The number of amides is 4. The van der Waals surface area contributed by atoms with Crippen molar-refractivity contribution >= 4 is 64.1 Å². The summed E-state index contributed by atoms with van der Waals surface area (Å²) >= 11 is 20.4. The maximum absolute atomic E-state index is 13.9. The van der Waals surface area contributed by atoms with E-state index in [0.29, 0.717) is 16.3 Å². The minimum atomic E-state index is -1.92. The number of hydrogen-bond donors (Lipinski definition) is 1. The normalized spacial score (nSPS) is 34.4. The van der Waals surface area contributed by atoms with E-state index >= 15 is 0 Å². The first kappa shape index (κ1) is 25.6. The minimum Gasteiger partial charge on any atom is -0.463 e. The molecule has 1 aromatic heterocycles. The van der Waals surface area contributed by atoms with Crippen LogP contribution in [0.2, 0.25) is 5.02 Å². The monoisotopic (exact) mass is 576 g/mol. The first-order chi connectivity index (χ1) is 18.0. The topological polar surface area (TPSA) is 108 Å². The van der Waals surface area contributed by atoms with Crippen LogP contribution in [0.4, 0.5) is 5.69 Å². The highest BCUT2D eigenvalue weighted by atomic mass is 35.5. The SMILES string of the molecule is Cc1ccc(N2C(=O)[C@H]3[C@H](CC=C4[C@H]3C[C@@]3(Cl)C(=O)N(C)C(=O)[C@@]3(Cl)[C@H]4c3ccc(CO)o3)C2=O)cc1Cl. The molecule has 1 saturated carbocycles. The Morgan fingerprint density at radius 2 is 1.79 bits per heavy atom. The third-order valence-electron chi connectivity index (χ3n) is 8.55. The number of benzene rings is 1. The molecule has 2 saturated heterocycles. The van der Waals surface area contributed by atoms with Crippen LogP contribution in [0, 0.1) is 24.7 Å². The molecule has 3 fully saturated rings. The van der Waals surface area contributed by atoms with E-state index in [-0.39, 0.29) is 36.9 Å². The summed E-state index contributed by atoms with van der Waals surface area (Å²) in [4.78, 5) is 52.6. The van der Waals surface area contributed by atoms with Crippen molar-refractivity contribution in [2.75, 3.05) is 11.9 Å².